The summed E-state index contributed by atoms with van der Waals surface area (Å²) in [7, 11) is 0. The molecule has 0 aromatic heterocycles. The summed E-state index contributed by atoms with van der Waals surface area (Å²) in [4.78, 5) is 2.47. The third kappa shape index (κ3) is 4.53. The molecule has 0 bridgehead atoms. The Hall–Kier alpha value is -5.66. The molecule has 0 fully saturated rings. The monoisotopic (exact) mass is 629 g/mol. The van der Waals surface area contributed by atoms with Crippen LogP contribution >= 0.6 is 0 Å². The van der Waals surface area contributed by atoms with E-state index in [0.717, 1.165) is 5.69 Å². The summed E-state index contributed by atoms with van der Waals surface area (Å²) >= 11 is 0. The van der Waals surface area contributed by atoms with Gasteiger partial charge in [-0.1, -0.05) is 155 Å². The van der Waals surface area contributed by atoms with Crippen molar-refractivity contribution in [2.75, 3.05) is 4.90 Å². The summed E-state index contributed by atoms with van der Waals surface area (Å²) in [6.45, 7) is 9.46. The molecule has 2 aliphatic rings. The smallest absolute Gasteiger partial charge is 0.0468 e. The number of rotatable bonds is 5. The number of fused-ring (bicyclic) bond motifs is 6. The summed E-state index contributed by atoms with van der Waals surface area (Å²) in [5.74, 6) is 0. The van der Waals surface area contributed by atoms with Crippen LogP contribution in [-0.4, -0.2) is 0 Å². The molecule has 0 unspecified atom stereocenters. The summed E-state index contributed by atoms with van der Waals surface area (Å²) < 4.78 is 0. The second kappa shape index (κ2) is 10.9. The van der Waals surface area contributed by atoms with Crippen molar-refractivity contribution in [3.63, 3.8) is 0 Å². The van der Waals surface area contributed by atoms with E-state index < -0.39 is 0 Å². The highest BCUT2D eigenvalue weighted by molar-refractivity contribution is 5.92. The largest absolute Gasteiger partial charge is 0.310 e. The zero-order valence-electron chi connectivity index (χ0n) is 28.5. The van der Waals surface area contributed by atoms with Gasteiger partial charge < -0.3 is 4.90 Å². The number of hydrogen-bond donors (Lipinski definition) is 0. The van der Waals surface area contributed by atoms with E-state index in [0.29, 0.717) is 0 Å². The Balaban J connectivity index is 1.27. The summed E-state index contributed by atoms with van der Waals surface area (Å²) in [6, 6.07) is 60.5. The Morgan fingerprint density at radius 2 is 0.673 bits per heavy atom. The van der Waals surface area contributed by atoms with Gasteiger partial charge in [0.2, 0.25) is 0 Å². The molecule has 0 spiro atoms. The van der Waals surface area contributed by atoms with Gasteiger partial charge >= 0.3 is 0 Å². The zero-order chi connectivity index (χ0) is 33.3. The van der Waals surface area contributed by atoms with Gasteiger partial charge in [0, 0.05) is 27.9 Å². The first kappa shape index (κ1) is 29.5. The van der Waals surface area contributed by atoms with Gasteiger partial charge in [-0.3, -0.25) is 0 Å². The zero-order valence-corrected chi connectivity index (χ0v) is 28.5. The molecule has 0 amide bonds. The van der Waals surface area contributed by atoms with Gasteiger partial charge in [-0.05, 0) is 103 Å². The fourth-order valence-electron chi connectivity index (χ4n) is 8.51. The fourth-order valence-corrected chi connectivity index (χ4v) is 8.51. The van der Waals surface area contributed by atoms with Crippen LogP contribution in [0.2, 0.25) is 0 Å². The van der Waals surface area contributed by atoms with Gasteiger partial charge in [-0.2, -0.15) is 0 Å². The van der Waals surface area contributed by atoms with Crippen molar-refractivity contribution in [3.05, 3.63) is 186 Å². The van der Waals surface area contributed by atoms with Crippen molar-refractivity contribution in [1.29, 1.82) is 0 Å². The minimum atomic E-state index is -0.0957. The van der Waals surface area contributed by atoms with E-state index in [-0.39, 0.29) is 10.8 Å². The van der Waals surface area contributed by atoms with E-state index >= 15 is 0 Å². The first-order chi connectivity index (χ1) is 23.8. The molecule has 7 aromatic carbocycles. The molecule has 1 nitrogen and oxygen atoms in total. The Bertz CT molecular complexity index is 2270. The van der Waals surface area contributed by atoms with Crippen LogP contribution in [-0.2, 0) is 10.8 Å². The lowest BCUT2D eigenvalue weighted by molar-refractivity contribution is 0.660. The average molecular weight is 630 g/mol. The molecule has 0 atom stereocenters. The lowest BCUT2D eigenvalue weighted by Gasteiger charge is -2.30. The Morgan fingerprint density at radius 1 is 0.306 bits per heavy atom. The normalized spacial score (nSPS) is 14.4. The number of anilines is 3. The van der Waals surface area contributed by atoms with Crippen LogP contribution in [0.4, 0.5) is 17.1 Å². The summed E-state index contributed by atoms with van der Waals surface area (Å²) in [5, 5.41) is 0. The van der Waals surface area contributed by atoms with E-state index in [2.05, 4.69) is 196 Å². The Morgan fingerprint density at radius 3 is 1.16 bits per heavy atom. The molecule has 1 heteroatoms. The Labute approximate surface area is 290 Å². The van der Waals surface area contributed by atoms with Crippen LogP contribution in [0.3, 0.4) is 0 Å². The predicted molar refractivity (Wildman–Crippen MR) is 207 cm³/mol. The third-order valence-corrected chi connectivity index (χ3v) is 11.1. The second-order valence-electron chi connectivity index (χ2n) is 14.6. The highest BCUT2D eigenvalue weighted by Crippen LogP contribution is 2.53. The summed E-state index contributed by atoms with van der Waals surface area (Å²) in [6.07, 6.45) is 0. The minimum Gasteiger partial charge on any atom is -0.310 e. The number of nitrogens with zero attached hydrogens (tertiary/aromatic N) is 1. The topological polar surface area (TPSA) is 3.24 Å². The van der Waals surface area contributed by atoms with E-state index in [9.17, 15) is 0 Å². The molecular weight excluding hydrogens is 591 g/mol. The van der Waals surface area contributed by atoms with E-state index in [4.69, 9.17) is 0 Å². The molecule has 0 N–H and O–H groups in total. The van der Waals surface area contributed by atoms with Crippen LogP contribution in [0.25, 0.3) is 44.5 Å². The maximum atomic E-state index is 2.47. The van der Waals surface area contributed by atoms with Crippen LogP contribution in [0.1, 0.15) is 49.9 Å². The van der Waals surface area contributed by atoms with Crippen molar-refractivity contribution in [1.82, 2.24) is 0 Å². The first-order valence-corrected chi connectivity index (χ1v) is 17.4. The molecule has 0 saturated heterocycles. The van der Waals surface area contributed by atoms with Crippen molar-refractivity contribution in [2.45, 2.75) is 38.5 Å². The standard InChI is InChI=1S/C48H39N/c1-47(2)43-21-13-11-19-38(43)40-27-24-35(30-45(40)47)49(36-25-28-41-39-20-12-14-22-44(39)48(3,4)46(41)31-36)34-23-26-37(32-15-7-5-8-16-32)42(29-34)33-17-9-6-10-18-33/h5-31H,1-4H3. The van der Waals surface area contributed by atoms with E-state index in [1.165, 1.54) is 78.1 Å². The lowest BCUT2D eigenvalue weighted by atomic mass is 9.82. The molecule has 7 aromatic rings. The third-order valence-electron chi connectivity index (χ3n) is 11.1. The van der Waals surface area contributed by atoms with E-state index in [1.54, 1.807) is 0 Å². The highest BCUT2D eigenvalue weighted by atomic mass is 15.1. The second-order valence-corrected chi connectivity index (χ2v) is 14.6. The van der Waals surface area contributed by atoms with Gasteiger partial charge in [-0.25, -0.2) is 0 Å². The van der Waals surface area contributed by atoms with Crippen LogP contribution in [0.15, 0.2) is 164 Å². The fraction of sp³-hybridized carbons (Fsp3) is 0.125. The quantitative estimate of drug-likeness (QED) is 0.183. The molecule has 49 heavy (non-hydrogen) atoms. The molecule has 0 heterocycles. The average Bonchev–Trinajstić information content (AvgIpc) is 3.52. The summed E-state index contributed by atoms with van der Waals surface area (Å²) in [5.41, 5.74) is 19.0. The molecule has 2 aliphatic carbocycles. The van der Waals surface area contributed by atoms with Crippen molar-refractivity contribution in [3.8, 4) is 44.5 Å². The van der Waals surface area contributed by atoms with Crippen molar-refractivity contribution < 1.29 is 0 Å². The highest BCUT2D eigenvalue weighted by Gasteiger charge is 2.37. The number of benzene rings is 7. The SMILES string of the molecule is CC1(C)c2ccccc2-c2ccc(N(c3ccc(-c4ccccc4)c(-c4ccccc4)c3)c3ccc4c(c3)C(C)(C)c3ccccc3-4)cc21. The van der Waals surface area contributed by atoms with Gasteiger partial charge in [0.25, 0.3) is 0 Å². The molecule has 0 radical (unpaired) electrons. The van der Waals surface area contributed by atoms with E-state index in [1.807, 2.05) is 0 Å². The maximum absolute atomic E-state index is 2.47. The molecule has 0 saturated carbocycles. The van der Waals surface area contributed by atoms with Gasteiger partial charge in [0.05, 0.1) is 0 Å². The predicted octanol–water partition coefficient (Wildman–Crippen LogP) is 13.1. The van der Waals surface area contributed by atoms with Crippen LogP contribution in [0.5, 0.6) is 0 Å². The maximum Gasteiger partial charge on any atom is 0.0468 e. The van der Waals surface area contributed by atoms with Crippen molar-refractivity contribution in [2.24, 2.45) is 0 Å². The number of hydrogen-bond acceptors (Lipinski definition) is 1. The molecule has 9 rings (SSSR count). The van der Waals surface area contributed by atoms with Gasteiger partial charge in [-0.15, -0.1) is 0 Å². The van der Waals surface area contributed by atoms with Crippen molar-refractivity contribution >= 4 is 17.1 Å². The first-order valence-electron chi connectivity index (χ1n) is 17.4. The van der Waals surface area contributed by atoms with Crippen LogP contribution in [0, 0.1) is 0 Å². The Kier molecular flexibility index (Phi) is 6.58. The minimum absolute atomic E-state index is 0.0957. The van der Waals surface area contributed by atoms with Gasteiger partial charge in [0.1, 0.15) is 0 Å². The lowest BCUT2D eigenvalue weighted by Crippen LogP contribution is -2.18. The van der Waals surface area contributed by atoms with Gasteiger partial charge in [0.15, 0.2) is 0 Å². The van der Waals surface area contributed by atoms with Crippen LogP contribution < -0.4 is 4.90 Å². The molecule has 236 valence electrons. The molecule has 0 aliphatic heterocycles. The molecular formula is C48H39N.